The van der Waals surface area contributed by atoms with E-state index in [2.05, 4.69) is 4.74 Å². The van der Waals surface area contributed by atoms with Crippen LogP contribution in [0.5, 0.6) is 0 Å². The Morgan fingerprint density at radius 2 is 1.78 bits per heavy atom. The van der Waals surface area contributed by atoms with Crippen molar-refractivity contribution in [3.63, 3.8) is 0 Å². The number of hydrogen-bond donors (Lipinski definition) is 0. The average Bonchev–Trinajstić information content (AvgIpc) is 2.82. The smallest absolute Gasteiger partial charge is 0.463 e. The van der Waals surface area contributed by atoms with Gasteiger partial charge in [0.25, 0.3) is 0 Å². The second-order valence-corrected chi connectivity index (χ2v) is 5.32. The zero-order valence-electron chi connectivity index (χ0n) is 11.3. The standard InChI is InChI=1S/C12H17BO5/c1-11(2)12(3,4)18-13(17-11)8-6-9(16-7-8)10(14)15-5/h6-7H,1-5H3. The number of carbonyl (C=O) groups is 1. The molecule has 1 saturated heterocycles. The van der Waals surface area contributed by atoms with Crippen LogP contribution in [0.15, 0.2) is 16.7 Å². The molecule has 1 aliphatic heterocycles. The molecule has 1 aromatic rings. The number of carbonyl (C=O) groups excluding carboxylic acids is 1. The molecule has 0 atom stereocenters. The predicted octanol–water partition coefficient (Wildman–Crippen LogP) is 1.37. The highest BCUT2D eigenvalue weighted by Crippen LogP contribution is 2.36. The molecule has 1 fully saturated rings. The molecule has 2 rings (SSSR count). The highest BCUT2D eigenvalue weighted by atomic mass is 16.7. The van der Waals surface area contributed by atoms with Crippen molar-refractivity contribution >= 4 is 18.6 Å². The van der Waals surface area contributed by atoms with Crippen LogP contribution in [-0.2, 0) is 14.0 Å². The minimum atomic E-state index is -0.530. The molecular formula is C12H17BO5. The van der Waals surface area contributed by atoms with Crippen molar-refractivity contribution in [1.82, 2.24) is 0 Å². The largest absolute Gasteiger partial charge is 0.498 e. The van der Waals surface area contributed by atoms with E-state index in [1.54, 1.807) is 6.07 Å². The van der Waals surface area contributed by atoms with Gasteiger partial charge < -0.3 is 18.5 Å². The number of ether oxygens (including phenoxy) is 1. The highest BCUT2D eigenvalue weighted by molar-refractivity contribution is 6.62. The van der Waals surface area contributed by atoms with Crippen LogP contribution in [0, 0.1) is 0 Å². The van der Waals surface area contributed by atoms with Gasteiger partial charge in [-0.05, 0) is 33.8 Å². The number of methoxy groups -OCH3 is 1. The van der Waals surface area contributed by atoms with Gasteiger partial charge >= 0.3 is 13.1 Å². The Bertz CT molecular complexity index is 447. The van der Waals surface area contributed by atoms with Crippen molar-refractivity contribution in [3.8, 4) is 0 Å². The van der Waals surface area contributed by atoms with Crippen molar-refractivity contribution in [2.24, 2.45) is 0 Å². The molecule has 0 unspecified atom stereocenters. The molecular weight excluding hydrogens is 235 g/mol. The van der Waals surface area contributed by atoms with Crippen LogP contribution in [0.3, 0.4) is 0 Å². The second-order valence-electron chi connectivity index (χ2n) is 5.32. The van der Waals surface area contributed by atoms with Gasteiger partial charge in [0.05, 0.1) is 24.6 Å². The first kappa shape index (κ1) is 13.2. The van der Waals surface area contributed by atoms with E-state index in [0.29, 0.717) is 5.46 Å². The summed E-state index contributed by atoms with van der Waals surface area (Å²) in [7, 11) is 0.774. The summed E-state index contributed by atoms with van der Waals surface area (Å²) in [6, 6.07) is 1.58. The molecule has 6 heteroatoms. The molecule has 0 aromatic carbocycles. The summed E-state index contributed by atoms with van der Waals surface area (Å²) in [6.45, 7) is 7.87. The lowest BCUT2D eigenvalue weighted by Gasteiger charge is -2.32. The second kappa shape index (κ2) is 4.14. The van der Waals surface area contributed by atoms with Gasteiger partial charge in [-0.1, -0.05) is 0 Å². The Morgan fingerprint density at radius 3 is 2.28 bits per heavy atom. The molecule has 0 spiro atoms. The number of esters is 1. The summed E-state index contributed by atoms with van der Waals surface area (Å²) in [6.07, 6.45) is 1.45. The maximum Gasteiger partial charge on any atom is 0.498 e. The summed E-state index contributed by atoms with van der Waals surface area (Å²) >= 11 is 0. The molecule has 2 heterocycles. The Morgan fingerprint density at radius 1 is 1.22 bits per heavy atom. The lowest BCUT2D eigenvalue weighted by Crippen LogP contribution is -2.41. The molecule has 1 aromatic heterocycles. The van der Waals surface area contributed by atoms with Crippen molar-refractivity contribution < 1.29 is 23.3 Å². The first-order valence-electron chi connectivity index (χ1n) is 5.79. The minimum Gasteiger partial charge on any atom is -0.463 e. The van der Waals surface area contributed by atoms with Gasteiger partial charge in [0.2, 0.25) is 5.76 Å². The van der Waals surface area contributed by atoms with Crippen LogP contribution in [0.1, 0.15) is 38.2 Å². The summed E-state index contributed by atoms with van der Waals surface area (Å²) in [5, 5.41) is 0. The van der Waals surface area contributed by atoms with E-state index in [-0.39, 0.29) is 5.76 Å². The van der Waals surface area contributed by atoms with Crippen LogP contribution in [0.25, 0.3) is 0 Å². The predicted molar refractivity (Wildman–Crippen MR) is 65.8 cm³/mol. The molecule has 98 valence electrons. The third kappa shape index (κ3) is 2.06. The van der Waals surface area contributed by atoms with E-state index in [4.69, 9.17) is 13.7 Å². The average molecular weight is 252 g/mol. The number of hydrogen-bond acceptors (Lipinski definition) is 5. The van der Waals surface area contributed by atoms with Gasteiger partial charge in [-0.25, -0.2) is 4.79 Å². The summed E-state index contributed by atoms with van der Waals surface area (Å²) in [5.74, 6) is -0.375. The molecule has 18 heavy (non-hydrogen) atoms. The monoisotopic (exact) mass is 252 g/mol. The van der Waals surface area contributed by atoms with E-state index in [1.807, 2.05) is 27.7 Å². The maximum absolute atomic E-state index is 11.3. The first-order valence-corrected chi connectivity index (χ1v) is 5.79. The van der Waals surface area contributed by atoms with Crippen LogP contribution >= 0.6 is 0 Å². The van der Waals surface area contributed by atoms with Crippen LogP contribution in [0.4, 0.5) is 0 Å². The fourth-order valence-corrected chi connectivity index (χ4v) is 1.66. The SMILES string of the molecule is COC(=O)c1cc(B2OC(C)(C)C(C)(C)O2)co1. The Kier molecular flexibility index (Phi) is 3.03. The van der Waals surface area contributed by atoms with Crippen LogP contribution in [0.2, 0.25) is 0 Å². The first-order chi connectivity index (χ1) is 8.27. The van der Waals surface area contributed by atoms with E-state index in [9.17, 15) is 4.79 Å². The van der Waals surface area contributed by atoms with Crippen LogP contribution in [-0.4, -0.2) is 31.4 Å². The lowest BCUT2D eigenvalue weighted by atomic mass is 9.81. The normalized spacial score (nSPS) is 21.1. The molecule has 0 amide bonds. The lowest BCUT2D eigenvalue weighted by molar-refractivity contribution is 0.00578. The van der Waals surface area contributed by atoms with E-state index in [1.165, 1.54) is 13.4 Å². The summed E-state index contributed by atoms with van der Waals surface area (Å²) in [4.78, 5) is 11.3. The van der Waals surface area contributed by atoms with Crippen molar-refractivity contribution in [2.45, 2.75) is 38.9 Å². The third-order valence-corrected chi connectivity index (χ3v) is 3.53. The van der Waals surface area contributed by atoms with Gasteiger partial charge in [-0.2, -0.15) is 0 Å². The van der Waals surface area contributed by atoms with E-state index in [0.717, 1.165) is 0 Å². The maximum atomic E-state index is 11.3. The molecule has 5 nitrogen and oxygen atoms in total. The summed E-state index contributed by atoms with van der Waals surface area (Å²) in [5.41, 5.74) is -0.158. The minimum absolute atomic E-state index is 0.141. The fraction of sp³-hybridized carbons (Fsp3) is 0.583. The van der Waals surface area contributed by atoms with Crippen molar-refractivity contribution in [1.29, 1.82) is 0 Å². The Labute approximate surface area is 107 Å². The van der Waals surface area contributed by atoms with E-state index >= 15 is 0 Å². The zero-order chi connectivity index (χ0) is 13.6. The molecule has 0 saturated carbocycles. The zero-order valence-corrected chi connectivity index (χ0v) is 11.3. The van der Waals surface area contributed by atoms with Crippen LogP contribution < -0.4 is 5.46 Å². The molecule has 0 aliphatic carbocycles. The number of furan rings is 1. The van der Waals surface area contributed by atoms with Crippen molar-refractivity contribution in [3.05, 3.63) is 18.1 Å². The third-order valence-electron chi connectivity index (χ3n) is 3.53. The quantitative estimate of drug-likeness (QED) is 0.587. The van der Waals surface area contributed by atoms with Gasteiger partial charge in [0.15, 0.2) is 0 Å². The molecule has 1 aliphatic rings. The fourth-order valence-electron chi connectivity index (χ4n) is 1.66. The van der Waals surface area contributed by atoms with Gasteiger partial charge in [-0.15, -0.1) is 0 Å². The van der Waals surface area contributed by atoms with Gasteiger partial charge in [0, 0.05) is 5.46 Å². The Balaban J connectivity index is 2.20. The number of rotatable bonds is 2. The topological polar surface area (TPSA) is 57.9 Å². The molecule has 0 bridgehead atoms. The van der Waals surface area contributed by atoms with Gasteiger partial charge in [0.1, 0.15) is 0 Å². The molecule has 0 N–H and O–H groups in total. The molecule has 0 radical (unpaired) electrons. The Hall–Kier alpha value is -1.27. The van der Waals surface area contributed by atoms with Gasteiger partial charge in [-0.3, -0.25) is 0 Å². The summed E-state index contributed by atoms with van der Waals surface area (Å²) < 4.78 is 21.4. The highest BCUT2D eigenvalue weighted by Gasteiger charge is 2.52. The van der Waals surface area contributed by atoms with E-state index < -0.39 is 24.3 Å². The van der Waals surface area contributed by atoms with Crippen molar-refractivity contribution in [2.75, 3.05) is 7.11 Å².